The Morgan fingerprint density at radius 1 is 1.22 bits per heavy atom. The first kappa shape index (κ1) is 27.2. The Labute approximate surface area is 214 Å². The highest BCUT2D eigenvalue weighted by Gasteiger charge is 2.78. The number of hydrogen-bond acceptors (Lipinski definition) is 7. The Morgan fingerprint density at radius 2 is 1.89 bits per heavy atom. The number of fused-ring (bicyclic) bond motifs is 5. The maximum absolute atomic E-state index is 17.3. The number of aliphatic hydroxyl groups excluding tert-OH is 1. The summed E-state index contributed by atoms with van der Waals surface area (Å²) in [6.07, 6.45) is 0.370. The van der Waals surface area contributed by atoms with Crippen LogP contribution in [0.15, 0.2) is 23.8 Å². The second-order valence-corrected chi connectivity index (χ2v) is 12.4. The third-order valence-electron chi connectivity index (χ3n) is 9.55. The van der Waals surface area contributed by atoms with Gasteiger partial charge in [0.25, 0.3) is 0 Å². The van der Waals surface area contributed by atoms with Crippen LogP contribution >= 0.6 is 11.8 Å². The molecule has 0 heterocycles. The molecule has 4 rings (SSSR count). The molecule has 36 heavy (non-hydrogen) atoms. The standard InChI is InChI=1S/C27H34F2O6S/c1-6-23(34)35-27(22(33)13-36-15(3)30)14(2)9-17-18-11-20(28)19-10-16(31)7-8-24(19,4)26(18,29)21(32)12-25(17,27)5/h7-8,10,14,17-18,20-21,32H,6,9,11-13H2,1-5H3/t14-,17+,18+,20+,21+,24+,25+,26+,27+/m1/s1. The molecule has 4 aliphatic carbocycles. The monoisotopic (exact) mass is 524 g/mol. The van der Waals surface area contributed by atoms with E-state index in [2.05, 4.69) is 0 Å². The van der Waals surface area contributed by atoms with Crippen molar-refractivity contribution in [3.8, 4) is 0 Å². The Bertz CT molecular complexity index is 1070. The Kier molecular flexibility index (Phi) is 6.69. The maximum atomic E-state index is 17.3. The largest absolute Gasteiger partial charge is 0.450 e. The number of rotatable bonds is 5. The van der Waals surface area contributed by atoms with Gasteiger partial charge >= 0.3 is 5.97 Å². The molecule has 0 radical (unpaired) electrons. The first-order valence-corrected chi connectivity index (χ1v) is 13.5. The molecule has 0 aliphatic heterocycles. The van der Waals surface area contributed by atoms with Crippen molar-refractivity contribution in [1.82, 2.24) is 0 Å². The van der Waals surface area contributed by atoms with E-state index in [1.807, 2.05) is 0 Å². The van der Waals surface area contributed by atoms with Crippen LogP contribution in [-0.2, 0) is 23.9 Å². The molecule has 1 N–H and O–H groups in total. The minimum absolute atomic E-state index is 0.0129. The Balaban J connectivity index is 1.85. The number of Topliss-reactive ketones (excluding diaryl/α,β-unsaturated/α-hetero) is 1. The summed E-state index contributed by atoms with van der Waals surface area (Å²) >= 11 is 0.812. The number of aliphatic hydroxyl groups is 1. The second kappa shape index (κ2) is 8.86. The minimum Gasteiger partial charge on any atom is -0.450 e. The summed E-state index contributed by atoms with van der Waals surface area (Å²) in [5.41, 5.74) is -6.66. The predicted octanol–water partition coefficient (Wildman–Crippen LogP) is 4.09. The molecule has 9 atom stereocenters. The molecule has 9 heteroatoms. The van der Waals surface area contributed by atoms with Gasteiger partial charge in [-0.3, -0.25) is 19.2 Å². The molecule has 0 aromatic rings. The molecule has 6 nitrogen and oxygen atoms in total. The third kappa shape index (κ3) is 3.44. The van der Waals surface area contributed by atoms with E-state index in [1.165, 1.54) is 26.0 Å². The maximum Gasteiger partial charge on any atom is 0.306 e. The Morgan fingerprint density at radius 3 is 2.50 bits per heavy atom. The van der Waals surface area contributed by atoms with E-state index in [9.17, 15) is 24.3 Å². The van der Waals surface area contributed by atoms with Crippen molar-refractivity contribution in [2.45, 2.75) is 83.8 Å². The van der Waals surface area contributed by atoms with E-state index in [0.717, 1.165) is 17.8 Å². The third-order valence-corrected chi connectivity index (χ3v) is 10.4. The van der Waals surface area contributed by atoms with Crippen LogP contribution in [0.25, 0.3) is 0 Å². The molecule has 0 amide bonds. The van der Waals surface area contributed by atoms with Gasteiger partial charge in [-0.15, -0.1) is 0 Å². The number of halogens is 2. The number of carbonyl (C=O) groups is 4. The van der Waals surface area contributed by atoms with Gasteiger partial charge in [-0.25, -0.2) is 8.78 Å². The summed E-state index contributed by atoms with van der Waals surface area (Å²) in [5.74, 6) is -3.81. The number of allylic oxidation sites excluding steroid dienone is 4. The zero-order chi connectivity index (χ0) is 26.8. The fraction of sp³-hybridized carbons (Fsp3) is 0.704. The summed E-state index contributed by atoms with van der Waals surface area (Å²) < 4.78 is 38.9. The van der Waals surface area contributed by atoms with Crippen molar-refractivity contribution in [3.63, 3.8) is 0 Å². The van der Waals surface area contributed by atoms with E-state index in [1.54, 1.807) is 20.8 Å². The lowest BCUT2D eigenvalue weighted by Crippen LogP contribution is -2.71. The van der Waals surface area contributed by atoms with Crippen LogP contribution in [0, 0.1) is 28.6 Å². The van der Waals surface area contributed by atoms with Gasteiger partial charge in [-0.2, -0.15) is 0 Å². The number of ketones is 2. The second-order valence-electron chi connectivity index (χ2n) is 11.3. The molecule has 198 valence electrons. The fourth-order valence-electron chi connectivity index (χ4n) is 7.92. The van der Waals surface area contributed by atoms with Crippen molar-refractivity contribution in [3.05, 3.63) is 23.8 Å². The SMILES string of the molecule is CCC(=O)O[C@]1(C(=O)CSC(C)=O)[C@H](C)C[C@H]2[C@@H]3C[C@H](F)C4=CC(=O)C=C[C@]4(C)[C@@]3(F)[C@@H](O)C[C@@]21C. The van der Waals surface area contributed by atoms with Gasteiger partial charge in [0.05, 0.1) is 11.9 Å². The average molecular weight is 525 g/mol. The van der Waals surface area contributed by atoms with Crippen molar-refractivity contribution in [1.29, 1.82) is 0 Å². The molecule has 0 aromatic heterocycles. The number of alkyl halides is 2. The van der Waals surface area contributed by atoms with Crippen LogP contribution in [0.5, 0.6) is 0 Å². The number of ether oxygens (including phenoxy) is 1. The van der Waals surface area contributed by atoms with Gasteiger partial charge < -0.3 is 9.84 Å². The molecular weight excluding hydrogens is 490 g/mol. The van der Waals surface area contributed by atoms with E-state index in [-0.39, 0.29) is 42.1 Å². The minimum atomic E-state index is -2.29. The molecule has 0 aromatic carbocycles. The van der Waals surface area contributed by atoms with E-state index in [0.29, 0.717) is 0 Å². The summed E-state index contributed by atoms with van der Waals surface area (Å²) in [5, 5.41) is 11.2. The summed E-state index contributed by atoms with van der Waals surface area (Å²) in [6, 6.07) is 0. The molecule has 0 spiro atoms. The molecule has 0 saturated heterocycles. The van der Waals surface area contributed by atoms with Crippen molar-refractivity contribution < 1.29 is 37.8 Å². The van der Waals surface area contributed by atoms with Crippen LogP contribution in [-0.4, -0.2) is 57.1 Å². The van der Waals surface area contributed by atoms with Crippen molar-refractivity contribution in [2.24, 2.45) is 28.6 Å². The van der Waals surface area contributed by atoms with Gasteiger partial charge in [-0.05, 0) is 49.8 Å². The van der Waals surface area contributed by atoms with E-state index in [4.69, 9.17) is 4.74 Å². The normalized spacial score (nSPS) is 45.3. The molecule has 4 aliphatic rings. The summed E-state index contributed by atoms with van der Waals surface area (Å²) in [7, 11) is 0. The molecule has 0 bridgehead atoms. The first-order chi connectivity index (χ1) is 16.7. The Hall–Kier alpha value is -1.87. The fourth-order valence-corrected chi connectivity index (χ4v) is 8.47. The zero-order valence-corrected chi connectivity index (χ0v) is 22.1. The first-order valence-electron chi connectivity index (χ1n) is 12.5. The van der Waals surface area contributed by atoms with E-state index < -0.39 is 69.7 Å². The van der Waals surface area contributed by atoms with Crippen molar-refractivity contribution in [2.75, 3.05) is 5.75 Å². The number of thioether (sulfide) groups is 1. The topological polar surface area (TPSA) is 97.7 Å². The molecule has 3 saturated carbocycles. The van der Waals surface area contributed by atoms with Gasteiger partial charge in [0.1, 0.15) is 6.17 Å². The highest BCUT2D eigenvalue weighted by atomic mass is 32.2. The summed E-state index contributed by atoms with van der Waals surface area (Å²) in [4.78, 5) is 50.0. The van der Waals surface area contributed by atoms with Crippen LogP contribution in [0.4, 0.5) is 8.78 Å². The van der Waals surface area contributed by atoms with Gasteiger partial charge in [-0.1, -0.05) is 38.6 Å². The summed E-state index contributed by atoms with van der Waals surface area (Å²) in [6.45, 7) is 7.95. The smallest absolute Gasteiger partial charge is 0.306 e. The van der Waals surface area contributed by atoms with Gasteiger partial charge in [0.15, 0.2) is 28.0 Å². The van der Waals surface area contributed by atoms with Crippen LogP contribution in [0.2, 0.25) is 0 Å². The van der Waals surface area contributed by atoms with Crippen molar-refractivity contribution >= 4 is 34.4 Å². The quantitative estimate of drug-likeness (QED) is 0.541. The number of esters is 1. The molecular formula is C27H34F2O6S. The van der Waals surface area contributed by atoms with E-state index >= 15 is 8.78 Å². The lowest BCUT2D eigenvalue weighted by atomic mass is 9.44. The van der Waals surface area contributed by atoms with Crippen LogP contribution in [0.3, 0.4) is 0 Å². The van der Waals surface area contributed by atoms with Gasteiger partial charge in [0, 0.05) is 36.0 Å². The van der Waals surface area contributed by atoms with Crippen LogP contribution < -0.4 is 0 Å². The highest BCUT2D eigenvalue weighted by molar-refractivity contribution is 8.14. The number of carbonyl (C=O) groups excluding carboxylic acids is 4. The molecule has 0 unspecified atom stereocenters. The lowest BCUT2D eigenvalue weighted by molar-refractivity contribution is -0.230. The lowest BCUT2D eigenvalue weighted by Gasteiger charge is -2.63. The zero-order valence-electron chi connectivity index (χ0n) is 21.3. The number of hydrogen-bond donors (Lipinski definition) is 1. The van der Waals surface area contributed by atoms with Crippen LogP contribution in [0.1, 0.15) is 60.3 Å². The van der Waals surface area contributed by atoms with Gasteiger partial charge in [0.2, 0.25) is 0 Å². The predicted molar refractivity (Wildman–Crippen MR) is 130 cm³/mol. The highest BCUT2D eigenvalue weighted by Crippen LogP contribution is 2.71. The average Bonchev–Trinajstić information content (AvgIpc) is 3.02. The molecule has 3 fully saturated rings.